The number of methoxy groups -OCH3 is 1. The Kier molecular flexibility index (Phi) is 4.14. The van der Waals surface area contributed by atoms with Crippen LogP contribution in [0.2, 0.25) is 0 Å². The first-order valence-electron chi connectivity index (χ1n) is 9.25. The molecule has 0 aliphatic rings. The SMILES string of the molecule is COc1ccc2c(c1)sc1nc(-c3cccc(O)c3)c(Nc3ccccc3C)n12. The Bertz CT molecular complexity index is 1350. The highest BCUT2D eigenvalue weighted by Gasteiger charge is 2.19. The van der Waals surface area contributed by atoms with Crippen molar-refractivity contribution < 1.29 is 9.84 Å². The molecule has 5 rings (SSSR count). The highest BCUT2D eigenvalue weighted by Crippen LogP contribution is 2.39. The molecule has 0 bridgehead atoms. The van der Waals surface area contributed by atoms with Gasteiger partial charge in [-0.2, -0.15) is 0 Å². The number of rotatable bonds is 4. The van der Waals surface area contributed by atoms with E-state index in [1.54, 1.807) is 30.6 Å². The normalized spacial score (nSPS) is 11.2. The number of imidazole rings is 1. The predicted molar refractivity (Wildman–Crippen MR) is 119 cm³/mol. The number of aromatic hydroxyl groups is 1. The van der Waals surface area contributed by atoms with Gasteiger partial charge in [0, 0.05) is 11.3 Å². The standard InChI is InChI=1S/C23H19N3O2S/c1-14-6-3-4-9-18(14)24-22-21(15-7-5-8-16(27)12-15)25-23-26(22)19-11-10-17(28-2)13-20(19)29-23/h3-13,24,27H,1-2H3. The maximum Gasteiger partial charge on any atom is 0.197 e. The van der Waals surface area contributed by atoms with E-state index in [0.717, 1.165) is 49.3 Å². The van der Waals surface area contributed by atoms with E-state index < -0.39 is 0 Å². The number of hydrogen-bond donors (Lipinski definition) is 2. The summed E-state index contributed by atoms with van der Waals surface area (Å²) < 4.78 is 8.61. The van der Waals surface area contributed by atoms with E-state index in [9.17, 15) is 5.11 Å². The van der Waals surface area contributed by atoms with Crippen LogP contribution in [0.1, 0.15) is 5.56 Å². The fourth-order valence-electron chi connectivity index (χ4n) is 3.49. The minimum absolute atomic E-state index is 0.218. The molecule has 0 unspecified atom stereocenters. The number of phenolic OH excluding ortho intramolecular Hbond substituents is 1. The van der Waals surface area contributed by atoms with Gasteiger partial charge in [0.1, 0.15) is 23.0 Å². The molecule has 29 heavy (non-hydrogen) atoms. The average molecular weight is 401 g/mol. The zero-order valence-electron chi connectivity index (χ0n) is 16.0. The third-order valence-corrected chi connectivity index (χ3v) is 5.98. The first-order valence-corrected chi connectivity index (χ1v) is 10.1. The van der Waals surface area contributed by atoms with E-state index in [1.807, 2.05) is 36.4 Å². The van der Waals surface area contributed by atoms with E-state index in [4.69, 9.17) is 9.72 Å². The summed E-state index contributed by atoms with van der Waals surface area (Å²) in [6.07, 6.45) is 0. The lowest BCUT2D eigenvalue weighted by molar-refractivity contribution is 0.415. The van der Waals surface area contributed by atoms with Crippen LogP contribution in [-0.4, -0.2) is 21.6 Å². The van der Waals surface area contributed by atoms with Crippen molar-refractivity contribution in [1.82, 2.24) is 9.38 Å². The first-order chi connectivity index (χ1) is 14.1. The summed E-state index contributed by atoms with van der Waals surface area (Å²) in [7, 11) is 1.67. The third kappa shape index (κ3) is 2.98. The Labute approximate surface area is 171 Å². The zero-order chi connectivity index (χ0) is 20.0. The number of fused-ring (bicyclic) bond motifs is 3. The number of phenols is 1. The van der Waals surface area contributed by atoms with Gasteiger partial charge in [0.25, 0.3) is 0 Å². The number of benzene rings is 3. The first kappa shape index (κ1) is 17.6. The maximum absolute atomic E-state index is 9.99. The van der Waals surface area contributed by atoms with Gasteiger partial charge in [0.2, 0.25) is 0 Å². The Morgan fingerprint density at radius 3 is 2.69 bits per heavy atom. The van der Waals surface area contributed by atoms with Crippen LogP contribution >= 0.6 is 11.3 Å². The second-order valence-corrected chi connectivity index (χ2v) is 7.86. The lowest BCUT2D eigenvalue weighted by Crippen LogP contribution is -1.98. The van der Waals surface area contributed by atoms with Crippen LogP contribution in [-0.2, 0) is 0 Å². The average Bonchev–Trinajstić information content (AvgIpc) is 3.25. The van der Waals surface area contributed by atoms with E-state index in [-0.39, 0.29) is 5.75 Å². The number of hydrogen-bond acceptors (Lipinski definition) is 5. The molecule has 0 fully saturated rings. The predicted octanol–water partition coefficient (Wildman–Crippen LogP) is 5.98. The molecular weight excluding hydrogens is 382 g/mol. The van der Waals surface area contributed by atoms with Crippen LogP contribution in [0.15, 0.2) is 66.7 Å². The number of nitrogens with one attached hydrogen (secondary N) is 1. The van der Waals surface area contributed by atoms with Crippen molar-refractivity contribution in [2.24, 2.45) is 0 Å². The number of aryl methyl sites for hydroxylation is 1. The Hall–Kier alpha value is -3.51. The summed E-state index contributed by atoms with van der Waals surface area (Å²) >= 11 is 1.61. The number of aromatic nitrogens is 2. The highest BCUT2D eigenvalue weighted by atomic mass is 32.1. The summed E-state index contributed by atoms with van der Waals surface area (Å²) in [6, 6.07) is 21.4. The lowest BCUT2D eigenvalue weighted by atomic mass is 10.1. The van der Waals surface area contributed by atoms with Crippen LogP contribution in [0.3, 0.4) is 0 Å². The zero-order valence-corrected chi connectivity index (χ0v) is 16.8. The molecule has 0 saturated carbocycles. The number of nitrogens with zero attached hydrogens (tertiary/aromatic N) is 2. The van der Waals surface area contributed by atoms with Gasteiger partial charge in [-0.25, -0.2) is 4.98 Å². The molecule has 0 radical (unpaired) electrons. The molecule has 2 heterocycles. The van der Waals surface area contributed by atoms with Crippen molar-refractivity contribution in [3.8, 4) is 22.8 Å². The van der Waals surface area contributed by atoms with Crippen molar-refractivity contribution in [2.75, 3.05) is 12.4 Å². The number of thiazole rings is 1. The van der Waals surface area contributed by atoms with Gasteiger partial charge in [0.05, 0.1) is 17.3 Å². The van der Waals surface area contributed by atoms with Gasteiger partial charge in [-0.1, -0.05) is 41.7 Å². The van der Waals surface area contributed by atoms with Crippen LogP contribution in [0, 0.1) is 6.92 Å². The van der Waals surface area contributed by atoms with Gasteiger partial charge < -0.3 is 15.2 Å². The quantitative estimate of drug-likeness (QED) is 0.389. The molecule has 144 valence electrons. The van der Waals surface area contributed by atoms with Crippen molar-refractivity contribution in [2.45, 2.75) is 6.92 Å². The van der Waals surface area contributed by atoms with Gasteiger partial charge in [0.15, 0.2) is 4.96 Å². The second-order valence-electron chi connectivity index (χ2n) is 6.85. The minimum atomic E-state index is 0.218. The molecule has 0 aliphatic carbocycles. The molecule has 5 nitrogen and oxygen atoms in total. The van der Waals surface area contributed by atoms with E-state index in [2.05, 4.69) is 34.8 Å². The van der Waals surface area contributed by atoms with Gasteiger partial charge in [-0.3, -0.25) is 4.40 Å². The van der Waals surface area contributed by atoms with Gasteiger partial charge in [-0.05, 0) is 48.9 Å². The molecule has 0 spiro atoms. The molecule has 2 N–H and O–H groups in total. The fraction of sp³-hybridized carbons (Fsp3) is 0.0870. The number of anilines is 2. The van der Waals surface area contributed by atoms with Gasteiger partial charge >= 0.3 is 0 Å². The van der Waals surface area contributed by atoms with Crippen molar-refractivity contribution in [1.29, 1.82) is 0 Å². The van der Waals surface area contributed by atoms with Crippen LogP contribution in [0.4, 0.5) is 11.5 Å². The van der Waals surface area contributed by atoms with Crippen LogP contribution < -0.4 is 10.1 Å². The largest absolute Gasteiger partial charge is 0.508 e. The lowest BCUT2D eigenvalue weighted by Gasteiger charge is -2.11. The van der Waals surface area contributed by atoms with Crippen LogP contribution in [0.5, 0.6) is 11.5 Å². The summed E-state index contributed by atoms with van der Waals surface area (Å²) in [5.41, 5.74) is 4.88. The maximum atomic E-state index is 9.99. The summed E-state index contributed by atoms with van der Waals surface area (Å²) in [5, 5.41) is 13.6. The van der Waals surface area contributed by atoms with Crippen molar-refractivity contribution in [3.63, 3.8) is 0 Å². The Morgan fingerprint density at radius 1 is 1.03 bits per heavy atom. The van der Waals surface area contributed by atoms with E-state index in [1.165, 1.54) is 0 Å². The van der Waals surface area contributed by atoms with Crippen LogP contribution in [0.25, 0.3) is 26.4 Å². The molecule has 2 aromatic heterocycles. The van der Waals surface area contributed by atoms with Crippen molar-refractivity contribution >= 4 is 38.0 Å². The molecule has 5 aromatic rings. The molecule has 0 aliphatic heterocycles. The monoisotopic (exact) mass is 401 g/mol. The highest BCUT2D eigenvalue weighted by molar-refractivity contribution is 7.23. The Morgan fingerprint density at radius 2 is 1.90 bits per heavy atom. The van der Waals surface area contributed by atoms with E-state index >= 15 is 0 Å². The summed E-state index contributed by atoms with van der Waals surface area (Å²) in [6.45, 7) is 2.07. The third-order valence-electron chi connectivity index (χ3n) is 4.97. The molecular formula is C23H19N3O2S. The molecule has 3 aromatic carbocycles. The number of ether oxygens (including phenoxy) is 1. The molecule has 0 saturated heterocycles. The topological polar surface area (TPSA) is 58.8 Å². The molecule has 0 amide bonds. The molecule has 6 heteroatoms. The summed E-state index contributed by atoms with van der Waals surface area (Å²) in [4.78, 5) is 5.79. The Balaban J connectivity index is 1.78. The number of para-hydroxylation sites is 1. The fourth-order valence-corrected chi connectivity index (χ4v) is 4.54. The van der Waals surface area contributed by atoms with Gasteiger partial charge in [-0.15, -0.1) is 0 Å². The smallest absolute Gasteiger partial charge is 0.197 e. The summed E-state index contributed by atoms with van der Waals surface area (Å²) in [5.74, 6) is 1.91. The minimum Gasteiger partial charge on any atom is -0.508 e. The van der Waals surface area contributed by atoms with Crippen molar-refractivity contribution in [3.05, 3.63) is 72.3 Å². The second kappa shape index (κ2) is 6.83. The molecule has 0 atom stereocenters. The van der Waals surface area contributed by atoms with E-state index in [0.29, 0.717) is 0 Å².